The van der Waals surface area contributed by atoms with Crippen LogP contribution in [0.5, 0.6) is 0 Å². The zero-order valence-corrected chi connectivity index (χ0v) is 11.9. The first-order valence-corrected chi connectivity index (χ1v) is 6.68. The number of hydrogen-bond acceptors (Lipinski definition) is 1. The van der Waals surface area contributed by atoms with Gasteiger partial charge in [0.1, 0.15) is 5.82 Å². The Balaban J connectivity index is 2.16. The van der Waals surface area contributed by atoms with Crippen LogP contribution in [0, 0.1) is 5.82 Å². The highest BCUT2D eigenvalue weighted by Gasteiger charge is 2.11. The van der Waals surface area contributed by atoms with Crippen LogP contribution in [0.3, 0.4) is 0 Å². The van der Waals surface area contributed by atoms with Gasteiger partial charge >= 0.3 is 0 Å². The molecule has 0 spiro atoms. The van der Waals surface area contributed by atoms with Gasteiger partial charge < -0.3 is 5.73 Å². The Kier molecular flexibility index (Phi) is 4.38. The van der Waals surface area contributed by atoms with Gasteiger partial charge in [0.2, 0.25) is 0 Å². The lowest BCUT2D eigenvalue weighted by molar-refractivity contribution is 0.625. The third-order valence-electron chi connectivity index (χ3n) is 2.73. The van der Waals surface area contributed by atoms with Gasteiger partial charge in [-0.25, -0.2) is 4.39 Å². The molecule has 0 aliphatic heterocycles. The molecule has 0 fully saturated rings. The summed E-state index contributed by atoms with van der Waals surface area (Å²) in [6, 6.07) is 11.8. The molecule has 2 aromatic carbocycles. The van der Waals surface area contributed by atoms with Gasteiger partial charge in [-0.05, 0) is 41.8 Å². The quantitative estimate of drug-likeness (QED) is 0.883. The minimum Gasteiger partial charge on any atom is -0.324 e. The van der Waals surface area contributed by atoms with Crippen LogP contribution in [0.25, 0.3) is 0 Å². The molecule has 0 saturated heterocycles. The van der Waals surface area contributed by atoms with Crippen molar-refractivity contribution >= 4 is 27.5 Å². The minimum atomic E-state index is -0.236. The zero-order chi connectivity index (χ0) is 13.1. The molecule has 1 unspecified atom stereocenters. The van der Waals surface area contributed by atoms with Crippen molar-refractivity contribution in [1.82, 2.24) is 0 Å². The fourth-order valence-corrected chi connectivity index (χ4v) is 2.76. The molecular weight excluding hydrogens is 317 g/mol. The molecule has 94 valence electrons. The van der Waals surface area contributed by atoms with E-state index in [2.05, 4.69) is 15.9 Å². The first-order valence-electron chi connectivity index (χ1n) is 5.51. The summed E-state index contributed by atoms with van der Waals surface area (Å²) in [5, 5.41) is 0.666. The van der Waals surface area contributed by atoms with Gasteiger partial charge in [0.05, 0.1) is 0 Å². The van der Waals surface area contributed by atoms with Crippen molar-refractivity contribution in [2.24, 2.45) is 5.73 Å². The van der Waals surface area contributed by atoms with Gasteiger partial charge in [-0.3, -0.25) is 0 Å². The number of halogens is 3. The van der Waals surface area contributed by atoms with Crippen molar-refractivity contribution in [1.29, 1.82) is 0 Å². The predicted octanol–water partition coefficient (Wildman–Crippen LogP) is 4.48. The maximum absolute atomic E-state index is 12.8. The molecule has 0 amide bonds. The highest BCUT2D eigenvalue weighted by molar-refractivity contribution is 9.10. The van der Waals surface area contributed by atoms with Crippen LogP contribution in [-0.4, -0.2) is 0 Å². The number of nitrogens with two attached hydrogens (primary N) is 1. The van der Waals surface area contributed by atoms with Gasteiger partial charge in [-0.15, -0.1) is 0 Å². The first kappa shape index (κ1) is 13.5. The Hall–Kier alpha value is -0.900. The molecule has 4 heteroatoms. The second-order valence-corrected chi connectivity index (χ2v) is 5.39. The molecule has 0 heterocycles. The maximum Gasteiger partial charge on any atom is 0.123 e. The van der Waals surface area contributed by atoms with E-state index in [1.807, 2.05) is 18.2 Å². The Morgan fingerprint density at radius 2 is 1.83 bits per heavy atom. The van der Waals surface area contributed by atoms with E-state index in [-0.39, 0.29) is 11.9 Å². The highest BCUT2D eigenvalue weighted by atomic mass is 79.9. The molecule has 18 heavy (non-hydrogen) atoms. The van der Waals surface area contributed by atoms with Crippen molar-refractivity contribution in [2.75, 3.05) is 0 Å². The Morgan fingerprint density at radius 1 is 1.17 bits per heavy atom. The van der Waals surface area contributed by atoms with Crippen LogP contribution in [0.1, 0.15) is 17.2 Å². The molecule has 1 nitrogen and oxygen atoms in total. The van der Waals surface area contributed by atoms with E-state index >= 15 is 0 Å². The fourth-order valence-electron chi connectivity index (χ4n) is 1.79. The van der Waals surface area contributed by atoms with Crippen LogP contribution in [0.2, 0.25) is 5.02 Å². The summed E-state index contributed by atoms with van der Waals surface area (Å²) in [7, 11) is 0. The summed E-state index contributed by atoms with van der Waals surface area (Å²) in [6.45, 7) is 0. The zero-order valence-electron chi connectivity index (χ0n) is 9.54. The third kappa shape index (κ3) is 3.31. The standard InChI is InChI=1S/C14H12BrClFN/c15-13-8-10(16)3-6-12(13)14(18)7-9-1-4-11(17)5-2-9/h1-6,8,14H,7,18H2. The SMILES string of the molecule is NC(Cc1ccc(F)cc1)c1ccc(Cl)cc1Br. The molecule has 2 rings (SSSR count). The van der Waals surface area contributed by atoms with Gasteiger partial charge in [-0.2, -0.15) is 0 Å². The highest BCUT2D eigenvalue weighted by Crippen LogP contribution is 2.27. The molecule has 0 bridgehead atoms. The molecular formula is C14H12BrClFN. The smallest absolute Gasteiger partial charge is 0.123 e. The second kappa shape index (κ2) is 5.83. The van der Waals surface area contributed by atoms with Crippen LogP contribution < -0.4 is 5.73 Å². The van der Waals surface area contributed by atoms with Crippen molar-refractivity contribution < 1.29 is 4.39 Å². The number of rotatable bonds is 3. The predicted molar refractivity (Wildman–Crippen MR) is 76.2 cm³/mol. The molecule has 0 aliphatic carbocycles. The summed E-state index contributed by atoms with van der Waals surface area (Å²) in [5.41, 5.74) is 8.14. The monoisotopic (exact) mass is 327 g/mol. The average Bonchev–Trinajstić information content (AvgIpc) is 2.32. The summed E-state index contributed by atoms with van der Waals surface area (Å²) in [5.74, 6) is -0.236. The van der Waals surface area contributed by atoms with Crippen molar-refractivity contribution in [3.63, 3.8) is 0 Å². The van der Waals surface area contributed by atoms with Crippen LogP contribution in [0.15, 0.2) is 46.9 Å². The minimum absolute atomic E-state index is 0.151. The summed E-state index contributed by atoms with van der Waals surface area (Å²) in [6.07, 6.45) is 0.653. The molecule has 0 saturated carbocycles. The van der Waals surface area contributed by atoms with E-state index < -0.39 is 0 Å². The third-order valence-corrected chi connectivity index (χ3v) is 3.65. The van der Waals surface area contributed by atoms with E-state index in [4.69, 9.17) is 17.3 Å². The number of benzene rings is 2. The lowest BCUT2D eigenvalue weighted by Crippen LogP contribution is -2.13. The van der Waals surface area contributed by atoms with E-state index in [9.17, 15) is 4.39 Å². The van der Waals surface area contributed by atoms with Gasteiger partial charge in [-0.1, -0.05) is 45.7 Å². The van der Waals surface area contributed by atoms with Gasteiger partial charge in [0.15, 0.2) is 0 Å². The Bertz CT molecular complexity index is 542. The fraction of sp³-hybridized carbons (Fsp3) is 0.143. The van der Waals surface area contributed by atoms with Crippen molar-refractivity contribution in [3.8, 4) is 0 Å². The molecule has 2 aromatic rings. The Labute approximate surface area is 119 Å². The summed E-state index contributed by atoms with van der Waals surface area (Å²) in [4.78, 5) is 0. The lowest BCUT2D eigenvalue weighted by atomic mass is 10.00. The average molecular weight is 329 g/mol. The van der Waals surface area contributed by atoms with Gasteiger partial charge in [0.25, 0.3) is 0 Å². The molecule has 2 N–H and O–H groups in total. The molecule has 1 atom stereocenters. The lowest BCUT2D eigenvalue weighted by Gasteiger charge is -2.14. The van der Waals surface area contributed by atoms with E-state index in [1.165, 1.54) is 12.1 Å². The maximum atomic E-state index is 12.8. The molecule has 0 radical (unpaired) electrons. The largest absolute Gasteiger partial charge is 0.324 e. The van der Waals surface area contributed by atoms with E-state index in [0.717, 1.165) is 15.6 Å². The van der Waals surface area contributed by atoms with E-state index in [1.54, 1.807) is 12.1 Å². The van der Waals surface area contributed by atoms with Gasteiger partial charge in [0, 0.05) is 15.5 Å². The normalized spacial score (nSPS) is 12.4. The van der Waals surface area contributed by atoms with Crippen LogP contribution in [0.4, 0.5) is 4.39 Å². The van der Waals surface area contributed by atoms with Crippen molar-refractivity contribution in [2.45, 2.75) is 12.5 Å². The second-order valence-electron chi connectivity index (χ2n) is 4.10. The van der Waals surface area contributed by atoms with E-state index in [0.29, 0.717) is 11.4 Å². The molecule has 0 aliphatic rings. The Morgan fingerprint density at radius 3 is 2.44 bits per heavy atom. The van der Waals surface area contributed by atoms with Crippen LogP contribution in [-0.2, 0) is 6.42 Å². The summed E-state index contributed by atoms with van der Waals surface area (Å²) < 4.78 is 13.7. The molecule has 0 aromatic heterocycles. The first-order chi connectivity index (χ1) is 8.56. The number of hydrogen-bond donors (Lipinski definition) is 1. The van der Waals surface area contributed by atoms with Crippen LogP contribution >= 0.6 is 27.5 Å². The topological polar surface area (TPSA) is 26.0 Å². The summed E-state index contributed by atoms with van der Waals surface area (Å²) >= 11 is 9.33. The van der Waals surface area contributed by atoms with Crippen molar-refractivity contribution in [3.05, 3.63) is 68.9 Å².